The monoisotopic (exact) mass is 180 g/mol. The van der Waals surface area contributed by atoms with Crippen molar-refractivity contribution in [3.05, 3.63) is 35.9 Å². The number of benzene rings is 1. The Balaban J connectivity index is 2.27. The highest BCUT2D eigenvalue weighted by Gasteiger charge is 1.99. The summed E-state index contributed by atoms with van der Waals surface area (Å²) in [4.78, 5) is 0. The van der Waals surface area contributed by atoms with E-state index in [4.69, 9.17) is 10.5 Å². The van der Waals surface area contributed by atoms with E-state index in [2.05, 4.69) is 17.4 Å². The lowest BCUT2D eigenvalue weighted by molar-refractivity contribution is 0.167. The maximum Gasteiger partial charge on any atom is 0.0790 e. The highest BCUT2D eigenvalue weighted by atomic mass is 16.5. The Morgan fingerprint density at radius 3 is 2.69 bits per heavy atom. The molecule has 0 radical (unpaired) electrons. The van der Waals surface area contributed by atoms with Gasteiger partial charge >= 0.3 is 0 Å². The van der Waals surface area contributed by atoms with Gasteiger partial charge in [0.1, 0.15) is 0 Å². The Labute approximate surface area is 78.9 Å². The van der Waals surface area contributed by atoms with Crippen LogP contribution in [0.2, 0.25) is 0 Å². The van der Waals surface area contributed by atoms with Crippen LogP contribution in [0.4, 0.5) is 0 Å². The molecule has 1 rings (SSSR count). The molecule has 1 aromatic carbocycles. The molecule has 0 aliphatic heterocycles. The quantitative estimate of drug-likeness (QED) is 0.656. The summed E-state index contributed by atoms with van der Waals surface area (Å²) >= 11 is 0. The minimum absolute atomic E-state index is 0.0924. The summed E-state index contributed by atoms with van der Waals surface area (Å²) in [6, 6.07) is 10.1. The van der Waals surface area contributed by atoms with Crippen molar-refractivity contribution >= 4 is 0 Å². The lowest BCUT2D eigenvalue weighted by atomic mass is 10.2. The van der Waals surface area contributed by atoms with Crippen molar-refractivity contribution in [3.63, 3.8) is 0 Å². The summed E-state index contributed by atoms with van der Waals surface area (Å²) in [6.07, 6.45) is -0.0924. The fraction of sp³-hybridized carbons (Fsp3) is 0.400. The predicted octanol–water partition coefficient (Wildman–Crippen LogP) is 0.707. The Bertz CT molecular complexity index is 226. The maximum atomic E-state index is 5.70. The molecule has 0 heterocycles. The minimum Gasteiger partial charge on any atom is -0.382 e. The molecule has 3 heteroatoms. The van der Waals surface area contributed by atoms with Crippen molar-refractivity contribution in [1.29, 1.82) is 0 Å². The van der Waals surface area contributed by atoms with Gasteiger partial charge in [-0.3, -0.25) is 5.32 Å². The van der Waals surface area contributed by atoms with E-state index in [0.29, 0.717) is 6.61 Å². The van der Waals surface area contributed by atoms with Gasteiger partial charge in [-0.15, -0.1) is 0 Å². The molecule has 3 N–H and O–H groups in total. The normalized spacial score (nSPS) is 12.8. The molecule has 13 heavy (non-hydrogen) atoms. The standard InChI is InChI=1S/C10H16N2O/c1-13-8-10(11)12-7-9-5-3-2-4-6-9/h2-6,10,12H,7-8,11H2,1H3. The molecule has 0 bridgehead atoms. The lowest BCUT2D eigenvalue weighted by Crippen LogP contribution is -2.40. The van der Waals surface area contributed by atoms with E-state index in [1.54, 1.807) is 7.11 Å². The van der Waals surface area contributed by atoms with E-state index >= 15 is 0 Å². The van der Waals surface area contributed by atoms with E-state index in [9.17, 15) is 0 Å². The number of ether oxygens (including phenoxy) is 1. The molecule has 1 unspecified atom stereocenters. The molecule has 0 aliphatic carbocycles. The van der Waals surface area contributed by atoms with Gasteiger partial charge in [-0.05, 0) is 5.56 Å². The Morgan fingerprint density at radius 1 is 1.38 bits per heavy atom. The van der Waals surface area contributed by atoms with Gasteiger partial charge in [-0.2, -0.15) is 0 Å². The van der Waals surface area contributed by atoms with Crippen molar-refractivity contribution in [2.24, 2.45) is 5.73 Å². The first-order chi connectivity index (χ1) is 6.33. The van der Waals surface area contributed by atoms with Gasteiger partial charge in [0.25, 0.3) is 0 Å². The fourth-order valence-electron chi connectivity index (χ4n) is 1.08. The summed E-state index contributed by atoms with van der Waals surface area (Å²) in [6.45, 7) is 1.32. The Morgan fingerprint density at radius 2 is 2.08 bits per heavy atom. The average Bonchev–Trinajstić information content (AvgIpc) is 2.17. The van der Waals surface area contributed by atoms with Gasteiger partial charge in [-0.1, -0.05) is 30.3 Å². The van der Waals surface area contributed by atoms with Crippen LogP contribution in [-0.4, -0.2) is 19.9 Å². The maximum absolute atomic E-state index is 5.70. The van der Waals surface area contributed by atoms with E-state index < -0.39 is 0 Å². The van der Waals surface area contributed by atoms with Crippen LogP contribution in [0.1, 0.15) is 5.56 Å². The second kappa shape index (κ2) is 5.70. The van der Waals surface area contributed by atoms with Crippen molar-refractivity contribution in [2.45, 2.75) is 12.7 Å². The fourth-order valence-corrected chi connectivity index (χ4v) is 1.08. The Kier molecular flexibility index (Phi) is 4.46. The third-order valence-electron chi connectivity index (χ3n) is 1.76. The first-order valence-corrected chi connectivity index (χ1v) is 4.34. The van der Waals surface area contributed by atoms with Gasteiger partial charge in [-0.25, -0.2) is 0 Å². The second-order valence-electron chi connectivity index (χ2n) is 2.93. The van der Waals surface area contributed by atoms with Gasteiger partial charge in [0, 0.05) is 13.7 Å². The van der Waals surface area contributed by atoms with Crippen molar-refractivity contribution in [3.8, 4) is 0 Å². The molecule has 0 aromatic heterocycles. The molecule has 0 spiro atoms. The van der Waals surface area contributed by atoms with Crippen LogP contribution in [0, 0.1) is 0 Å². The van der Waals surface area contributed by atoms with E-state index in [1.807, 2.05) is 18.2 Å². The topological polar surface area (TPSA) is 47.3 Å². The average molecular weight is 180 g/mol. The third kappa shape index (κ3) is 4.03. The molecular weight excluding hydrogens is 164 g/mol. The summed E-state index contributed by atoms with van der Waals surface area (Å²) in [7, 11) is 1.64. The van der Waals surface area contributed by atoms with E-state index in [1.165, 1.54) is 5.56 Å². The van der Waals surface area contributed by atoms with Crippen LogP contribution in [0.15, 0.2) is 30.3 Å². The third-order valence-corrected chi connectivity index (χ3v) is 1.76. The van der Waals surface area contributed by atoms with Gasteiger partial charge < -0.3 is 10.5 Å². The van der Waals surface area contributed by atoms with Gasteiger partial charge in [0.2, 0.25) is 0 Å². The number of rotatable bonds is 5. The zero-order valence-electron chi connectivity index (χ0n) is 7.86. The minimum atomic E-state index is -0.0924. The Hall–Kier alpha value is -0.900. The molecule has 0 saturated heterocycles. The van der Waals surface area contributed by atoms with Crippen LogP contribution in [0.25, 0.3) is 0 Å². The van der Waals surface area contributed by atoms with E-state index in [-0.39, 0.29) is 6.17 Å². The van der Waals surface area contributed by atoms with Crippen LogP contribution in [0.5, 0.6) is 0 Å². The van der Waals surface area contributed by atoms with Crippen molar-refractivity contribution in [1.82, 2.24) is 5.32 Å². The highest BCUT2D eigenvalue weighted by Crippen LogP contribution is 1.97. The van der Waals surface area contributed by atoms with Gasteiger partial charge in [0.05, 0.1) is 12.8 Å². The largest absolute Gasteiger partial charge is 0.382 e. The van der Waals surface area contributed by atoms with Crippen molar-refractivity contribution < 1.29 is 4.74 Å². The summed E-state index contributed by atoms with van der Waals surface area (Å²) < 4.78 is 4.90. The number of hydrogen-bond acceptors (Lipinski definition) is 3. The van der Waals surface area contributed by atoms with Crippen LogP contribution < -0.4 is 11.1 Å². The second-order valence-corrected chi connectivity index (χ2v) is 2.93. The van der Waals surface area contributed by atoms with Crippen molar-refractivity contribution in [2.75, 3.05) is 13.7 Å². The highest BCUT2D eigenvalue weighted by molar-refractivity contribution is 5.14. The zero-order valence-corrected chi connectivity index (χ0v) is 7.86. The van der Waals surface area contributed by atoms with Crippen LogP contribution in [-0.2, 0) is 11.3 Å². The molecule has 1 atom stereocenters. The van der Waals surface area contributed by atoms with Gasteiger partial charge in [0.15, 0.2) is 0 Å². The summed E-state index contributed by atoms with van der Waals surface area (Å²) in [5.41, 5.74) is 6.93. The number of nitrogens with two attached hydrogens (primary N) is 1. The van der Waals surface area contributed by atoms with E-state index in [0.717, 1.165) is 6.54 Å². The molecular formula is C10H16N2O. The molecule has 0 fully saturated rings. The number of nitrogens with one attached hydrogen (secondary N) is 1. The molecule has 72 valence electrons. The predicted molar refractivity (Wildman–Crippen MR) is 53.1 cm³/mol. The summed E-state index contributed by atoms with van der Waals surface area (Å²) in [5, 5.41) is 3.15. The smallest absolute Gasteiger partial charge is 0.0790 e. The lowest BCUT2D eigenvalue weighted by Gasteiger charge is -2.12. The SMILES string of the molecule is COCC(N)NCc1ccccc1. The first kappa shape index (κ1) is 10.2. The van der Waals surface area contributed by atoms with Crippen LogP contribution in [0.3, 0.4) is 0 Å². The molecule has 0 saturated carbocycles. The summed E-state index contributed by atoms with van der Waals surface area (Å²) in [5.74, 6) is 0. The molecule has 1 aromatic rings. The first-order valence-electron chi connectivity index (χ1n) is 4.34. The number of methoxy groups -OCH3 is 1. The zero-order chi connectivity index (χ0) is 9.52. The number of hydrogen-bond donors (Lipinski definition) is 2. The van der Waals surface area contributed by atoms with Crippen LogP contribution >= 0.6 is 0 Å². The molecule has 0 aliphatic rings. The molecule has 0 amide bonds. The molecule has 3 nitrogen and oxygen atoms in total.